The van der Waals surface area contributed by atoms with E-state index in [1.807, 2.05) is 62.4 Å². The van der Waals surface area contributed by atoms with Gasteiger partial charge in [-0.3, -0.25) is 29.0 Å². The van der Waals surface area contributed by atoms with E-state index in [1.165, 1.54) is 53.2 Å². The molecule has 2 aromatic rings. The first-order valence-corrected chi connectivity index (χ1v) is 20.9. The minimum absolute atomic E-state index is 0.270. The quantitative estimate of drug-likeness (QED) is 0.330. The van der Waals surface area contributed by atoms with E-state index < -0.39 is 75.3 Å². The molecule has 49 heavy (non-hydrogen) atoms. The number of amides is 4. The number of para-hydroxylation sites is 2. The number of carbonyl (C=O) groups is 4. The second kappa shape index (κ2) is 9.35. The summed E-state index contributed by atoms with van der Waals surface area (Å²) >= 11 is 0. The fraction of sp³-hybridized carbons (Fsp3) is 0.500. The first-order chi connectivity index (χ1) is 23.5. The second-order valence-corrected chi connectivity index (χ2v) is 20.3. The Morgan fingerprint density at radius 3 is 2.06 bits per heavy atom. The summed E-state index contributed by atoms with van der Waals surface area (Å²) in [6.45, 7) is 3.23. The minimum Gasteiger partial charge on any atom is -0.394 e. The number of hydrogen-bond donors (Lipinski definition) is 4. The maximum atomic E-state index is 15.5. The van der Waals surface area contributed by atoms with Crippen LogP contribution in [0.4, 0.5) is 11.4 Å². The monoisotopic (exact) mass is 740 g/mol. The van der Waals surface area contributed by atoms with E-state index in [9.17, 15) is 19.8 Å². The number of piperazine rings is 2. The van der Waals surface area contributed by atoms with E-state index in [0.717, 1.165) is 4.90 Å². The molecular weight excluding hydrogens is 709 g/mol. The first kappa shape index (κ1) is 31.0. The van der Waals surface area contributed by atoms with E-state index in [1.54, 1.807) is 16.8 Å². The van der Waals surface area contributed by atoms with Crippen LogP contribution in [0.1, 0.15) is 25.0 Å². The van der Waals surface area contributed by atoms with Crippen molar-refractivity contribution >= 4 is 76.2 Å². The van der Waals surface area contributed by atoms with Crippen molar-refractivity contribution in [3.05, 3.63) is 59.7 Å². The van der Waals surface area contributed by atoms with E-state index in [0.29, 0.717) is 22.5 Å². The van der Waals surface area contributed by atoms with Gasteiger partial charge in [0.1, 0.15) is 30.6 Å². The topological polar surface area (TPSA) is 155 Å². The number of ether oxygens (including phenoxy) is 1. The van der Waals surface area contributed by atoms with E-state index >= 15 is 9.59 Å². The summed E-state index contributed by atoms with van der Waals surface area (Å²) in [6.07, 6.45) is -4.89. The van der Waals surface area contributed by atoms with Crippen molar-refractivity contribution < 1.29 is 34.1 Å². The Morgan fingerprint density at radius 1 is 0.837 bits per heavy atom. The van der Waals surface area contributed by atoms with Crippen molar-refractivity contribution in [2.24, 2.45) is 5.92 Å². The van der Waals surface area contributed by atoms with Crippen molar-refractivity contribution in [1.82, 2.24) is 19.6 Å². The fourth-order valence-corrected chi connectivity index (χ4v) is 18.8. The molecular formula is C32H32N6O7S4. The van der Waals surface area contributed by atoms with E-state index in [2.05, 4.69) is 10.6 Å². The van der Waals surface area contributed by atoms with Crippen molar-refractivity contribution in [3.63, 3.8) is 0 Å². The molecule has 4 bridgehead atoms. The van der Waals surface area contributed by atoms with Gasteiger partial charge in [-0.25, -0.2) is 0 Å². The summed E-state index contributed by atoms with van der Waals surface area (Å²) in [5.41, 5.74) is -2.51. The van der Waals surface area contributed by atoms with Crippen LogP contribution in [-0.2, 0) is 34.7 Å². The van der Waals surface area contributed by atoms with Crippen molar-refractivity contribution in [1.29, 1.82) is 0 Å². The third kappa shape index (κ3) is 2.78. The molecule has 7 saturated heterocycles. The van der Waals surface area contributed by atoms with Gasteiger partial charge in [0.15, 0.2) is 4.87 Å². The van der Waals surface area contributed by atoms with E-state index in [-0.39, 0.29) is 17.7 Å². The predicted molar refractivity (Wildman–Crippen MR) is 185 cm³/mol. The average Bonchev–Trinajstić information content (AvgIpc) is 3.71. The molecule has 0 aromatic heterocycles. The number of nitrogens with zero attached hydrogens (tertiary/aromatic N) is 4. The SMILES string of the molecule is CC(C)C12SSSSC3(C(=O)N1C)C1OC45C(=O)N(C)C(CO)C(=O)N4C4Nc6ccccc6C4(C5O)C14c1ccccc1NC4N3C2=O. The maximum absolute atomic E-state index is 15.5. The zero-order chi connectivity index (χ0) is 34.2. The molecule has 0 saturated carbocycles. The standard InChI is InChI=1S/C32H32N6O7S4/c1-14(2)31-27(44)38-24-29(16-10-6-8-12-18(16)34-24)22(32(38,26(43)36(31)4)47-49-48-46-31)45-30-21(41)28(29)15-9-5-7-11-17(15)33-23(28)37(30)20(40)19(13-39)35(3)25(30)42/h5-12,14,19,21-24,33-34,39,41H,13H2,1-4H3. The third-order valence-electron chi connectivity index (χ3n) is 12.5. The molecule has 10 unspecified atom stereocenters. The van der Waals surface area contributed by atoms with Crippen LogP contribution in [0.25, 0.3) is 0 Å². The van der Waals surface area contributed by atoms with Crippen LogP contribution >= 0.6 is 41.2 Å². The van der Waals surface area contributed by atoms with Crippen molar-refractivity contribution in [2.75, 3.05) is 31.3 Å². The summed E-state index contributed by atoms with van der Waals surface area (Å²) < 4.78 is 7.21. The lowest BCUT2D eigenvalue weighted by Crippen LogP contribution is -2.81. The number of anilines is 2. The van der Waals surface area contributed by atoms with Gasteiger partial charge in [-0.05, 0) is 70.4 Å². The predicted octanol–water partition coefficient (Wildman–Crippen LogP) is 1.55. The van der Waals surface area contributed by atoms with Crippen LogP contribution in [-0.4, -0.2) is 120 Å². The molecule has 7 fully saturated rings. The number of aliphatic hydroxyl groups is 2. The zero-order valence-corrected chi connectivity index (χ0v) is 29.9. The Balaban J connectivity index is 1.37. The molecule has 4 N–H and O–H groups in total. The van der Waals surface area contributed by atoms with Crippen LogP contribution in [0.3, 0.4) is 0 Å². The summed E-state index contributed by atoms with van der Waals surface area (Å²) in [5, 5.41) is 30.8. The Morgan fingerprint density at radius 2 is 1.43 bits per heavy atom. The number of likely N-dealkylation sites (N-methyl/N-ethyl adjacent to an activating group) is 2. The Kier molecular flexibility index (Phi) is 5.91. The number of rotatable bonds is 2. The van der Waals surface area contributed by atoms with Gasteiger partial charge < -0.3 is 35.4 Å². The van der Waals surface area contributed by atoms with Gasteiger partial charge in [0.25, 0.3) is 29.4 Å². The molecule has 17 heteroatoms. The molecule has 9 aliphatic rings. The molecule has 0 aliphatic carbocycles. The molecule has 256 valence electrons. The van der Waals surface area contributed by atoms with Crippen LogP contribution in [0.15, 0.2) is 48.5 Å². The van der Waals surface area contributed by atoms with Gasteiger partial charge in [0.2, 0.25) is 4.87 Å². The summed E-state index contributed by atoms with van der Waals surface area (Å²) in [5.74, 6) is -2.21. The lowest BCUT2D eigenvalue weighted by Gasteiger charge is -2.59. The van der Waals surface area contributed by atoms with Gasteiger partial charge >= 0.3 is 0 Å². The van der Waals surface area contributed by atoms with Crippen molar-refractivity contribution in [3.8, 4) is 0 Å². The number of benzene rings is 2. The molecule has 13 nitrogen and oxygen atoms in total. The highest BCUT2D eigenvalue weighted by Crippen LogP contribution is 2.79. The van der Waals surface area contributed by atoms with Gasteiger partial charge in [-0.1, -0.05) is 50.2 Å². The highest BCUT2D eigenvalue weighted by molar-refractivity contribution is 9.26. The number of hydrogen-bond acceptors (Lipinski definition) is 13. The number of nitrogens with one attached hydrogen (secondary N) is 2. The molecule has 0 radical (unpaired) electrons. The second-order valence-electron chi connectivity index (χ2n) is 14.2. The minimum atomic E-state index is -2.28. The van der Waals surface area contributed by atoms with Crippen LogP contribution in [0.2, 0.25) is 0 Å². The molecule has 4 spiro atoms. The first-order valence-electron chi connectivity index (χ1n) is 16.1. The highest BCUT2D eigenvalue weighted by atomic mass is 33.7. The zero-order valence-electron chi connectivity index (χ0n) is 26.6. The van der Waals surface area contributed by atoms with Gasteiger partial charge in [0, 0.05) is 25.5 Å². The molecule has 9 heterocycles. The van der Waals surface area contributed by atoms with Crippen molar-refractivity contribution in [2.45, 2.75) is 70.7 Å². The lowest BCUT2D eigenvalue weighted by atomic mass is 9.50. The number of fused-ring (bicyclic) bond motifs is 7. The maximum Gasteiger partial charge on any atom is 0.279 e. The Labute approximate surface area is 296 Å². The molecule has 10 atom stereocenters. The van der Waals surface area contributed by atoms with Crippen LogP contribution < -0.4 is 10.6 Å². The molecule has 2 aromatic carbocycles. The van der Waals surface area contributed by atoms with Gasteiger partial charge in [0.05, 0.1) is 17.4 Å². The van der Waals surface area contributed by atoms with Crippen LogP contribution in [0, 0.1) is 5.92 Å². The number of aliphatic hydroxyl groups excluding tert-OH is 2. The van der Waals surface area contributed by atoms with E-state index in [4.69, 9.17) is 4.74 Å². The fourth-order valence-electron chi connectivity index (χ4n) is 10.7. The highest BCUT2D eigenvalue weighted by Gasteiger charge is 2.95. The summed E-state index contributed by atoms with van der Waals surface area (Å²) in [4.78, 5) is 63.0. The Hall–Kier alpha value is -2.80. The summed E-state index contributed by atoms with van der Waals surface area (Å²) in [7, 11) is 8.45. The molecule has 9 aliphatic heterocycles. The average molecular weight is 741 g/mol. The lowest BCUT2D eigenvalue weighted by molar-refractivity contribution is -0.263. The van der Waals surface area contributed by atoms with Gasteiger partial charge in [-0.15, -0.1) is 0 Å². The van der Waals surface area contributed by atoms with Crippen LogP contribution in [0.5, 0.6) is 0 Å². The molecule has 11 rings (SSSR count). The molecule has 4 amide bonds. The Bertz CT molecular complexity index is 1940. The number of carbonyl (C=O) groups excluding carboxylic acids is 4. The largest absolute Gasteiger partial charge is 0.394 e. The normalized spacial score (nSPS) is 43.7. The summed E-state index contributed by atoms with van der Waals surface area (Å²) in [6, 6.07) is 13.8. The smallest absolute Gasteiger partial charge is 0.279 e. The van der Waals surface area contributed by atoms with Gasteiger partial charge in [-0.2, -0.15) is 0 Å². The third-order valence-corrected chi connectivity index (χ3v) is 20.1.